The van der Waals surface area contributed by atoms with E-state index in [9.17, 15) is 36.0 Å². The molecule has 2 aromatic carbocycles. The first-order valence-electron chi connectivity index (χ1n) is 20.7. The second kappa shape index (κ2) is 22.4. The van der Waals surface area contributed by atoms with E-state index in [0.29, 0.717) is 67.1 Å². The van der Waals surface area contributed by atoms with E-state index in [2.05, 4.69) is 65.4 Å². The molecular formula is C41H50F3N11O9S3. The van der Waals surface area contributed by atoms with Crippen molar-refractivity contribution in [2.45, 2.75) is 66.3 Å². The van der Waals surface area contributed by atoms with E-state index in [0.717, 1.165) is 56.8 Å². The summed E-state index contributed by atoms with van der Waals surface area (Å²) in [5.74, 6) is -0.0820. The molecule has 362 valence electrons. The molecule has 4 amide bonds. The van der Waals surface area contributed by atoms with Crippen LogP contribution in [0.25, 0.3) is 31.6 Å². The number of nitrogens with one attached hydrogen (secondary N) is 4. The topological polar surface area (TPSA) is 250 Å². The first kappa shape index (κ1) is 51.6. The van der Waals surface area contributed by atoms with Gasteiger partial charge in [-0.2, -0.15) is 21.6 Å². The maximum absolute atomic E-state index is 12.6. The average molecular weight is 994 g/mol. The van der Waals surface area contributed by atoms with Gasteiger partial charge in [0.1, 0.15) is 20.0 Å². The number of ether oxygens (including phenoxy) is 1. The van der Waals surface area contributed by atoms with Crippen molar-refractivity contribution < 1.29 is 54.6 Å². The Morgan fingerprint density at radius 2 is 1.30 bits per heavy atom. The standard InChI is InChI=1S/C27H35N7O4S.C14H15F3N4O5S2/c1-6-27(23(35)38-8-3)9-11-34(12-10-27)24-29-15-19(16-30-24)18-13-20(17(4)33-37-5)22-21(14-18)31-26(39-22)32-25(36)28-7-2;1-4-18-12(22)20-13-19-10-6-8(26-28(23,24)14(15,16)17)5-9(11(10)27-13)7(2)21-25-3/h13-16H,6-12H2,1-5H3,(H2,28,31,32,36);5-6H,4H2,1-3H3,(H2,18,19,20,22)/b33-17+;21-7+. The van der Waals surface area contributed by atoms with E-state index in [1.807, 2.05) is 39.8 Å². The van der Waals surface area contributed by atoms with E-state index in [-0.39, 0.29) is 33.9 Å². The highest BCUT2D eigenvalue weighted by Gasteiger charge is 2.48. The third-order valence-electron chi connectivity index (χ3n) is 10.2. The lowest BCUT2D eigenvalue weighted by atomic mass is 9.76. The summed E-state index contributed by atoms with van der Waals surface area (Å²) in [4.78, 5) is 66.1. The molecule has 3 aromatic heterocycles. The molecule has 67 heavy (non-hydrogen) atoms. The fraction of sp³-hybridized carbons (Fsp3) is 0.439. The third-order valence-corrected chi connectivity index (χ3v) is 13.2. The summed E-state index contributed by atoms with van der Waals surface area (Å²) in [6, 6.07) is 5.20. The van der Waals surface area contributed by atoms with Gasteiger partial charge in [0.05, 0.1) is 43.9 Å². The number of urea groups is 2. The van der Waals surface area contributed by atoms with Crippen LogP contribution in [0.2, 0.25) is 0 Å². The van der Waals surface area contributed by atoms with Gasteiger partial charge in [0.2, 0.25) is 5.95 Å². The lowest BCUT2D eigenvalue weighted by molar-refractivity contribution is -0.157. The number of carbonyl (C=O) groups excluding carboxylic acids is 3. The number of halogens is 3. The normalized spacial score (nSPS) is 14.2. The van der Waals surface area contributed by atoms with Gasteiger partial charge in [-0.25, -0.2) is 29.5 Å². The number of amides is 4. The number of oxime groups is 2. The summed E-state index contributed by atoms with van der Waals surface area (Å²) in [5, 5.41) is 18.9. The first-order valence-corrected chi connectivity index (χ1v) is 23.8. The van der Waals surface area contributed by atoms with Gasteiger partial charge in [-0.3, -0.25) is 15.4 Å². The van der Waals surface area contributed by atoms with Crippen LogP contribution in [0.4, 0.5) is 39.0 Å². The highest BCUT2D eigenvalue weighted by Crippen LogP contribution is 2.39. The number of fused-ring (bicyclic) bond motifs is 2. The molecule has 1 aliphatic heterocycles. The van der Waals surface area contributed by atoms with Crippen molar-refractivity contribution in [2.24, 2.45) is 15.7 Å². The molecule has 26 heteroatoms. The molecule has 6 rings (SSSR count). The Balaban J connectivity index is 0.000000265. The van der Waals surface area contributed by atoms with Gasteiger partial charge in [0.25, 0.3) is 0 Å². The van der Waals surface area contributed by atoms with Gasteiger partial charge < -0.3 is 34.1 Å². The van der Waals surface area contributed by atoms with E-state index in [1.54, 1.807) is 19.3 Å². The number of thiazole rings is 2. The molecule has 1 fully saturated rings. The Hall–Kier alpha value is -6.41. The predicted octanol–water partition coefficient (Wildman–Crippen LogP) is 7.86. The van der Waals surface area contributed by atoms with Gasteiger partial charge in [0.15, 0.2) is 10.3 Å². The second-order valence-electron chi connectivity index (χ2n) is 14.5. The quantitative estimate of drug-likeness (QED) is 0.0256. The first-order chi connectivity index (χ1) is 31.8. The highest BCUT2D eigenvalue weighted by atomic mass is 32.2. The Kier molecular flexibility index (Phi) is 17.2. The van der Waals surface area contributed by atoms with E-state index < -0.39 is 32.8 Å². The van der Waals surface area contributed by atoms with E-state index >= 15 is 0 Å². The molecule has 4 heterocycles. The van der Waals surface area contributed by atoms with Crippen molar-refractivity contribution >= 4 is 98.9 Å². The lowest BCUT2D eigenvalue weighted by Crippen LogP contribution is -2.45. The number of esters is 1. The number of aromatic nitrogens is 4. The SMILES string of the molecule is CCNC(=O)Nc1nc2cc(-c3cnc(N4CCC(CC)(C(=O)OCC)CC4)nc3)cc(/C(C)=N/OC)c2s1.CCNC(=O)Nc1nc2cc(OS(=O)(=O)C(F)(F)F)cc(/C(C)=N/OC)c2s1. The molecule has 0 spiro atoms. The van der Waals surface area contributed by atoms with Gasteiger partial charge >= 0.3 is 33.7 Å². The van der Waals surface area contributed by atoms with Crippen molar-refractivity contribution in [3.63, 3.8) is 0 Å². The maximum Gasteiger partial charge on any atom is 0.534 e. The minimum absolute atomic E-state index is 0.103. The minimum atomic E-state index is -5.87. The van der Waals surface area contributed by atoms with Crippen LogP contribution in [0.1, 0.15) is 71.9 Å². The summed E-state index contributed by atoms with van der Waals surface area (Å²) in [7, 11) is -3.10. The molecule has 20 nitrogen and oxygen atoms in total. The third kappa shape index (κ3) is 12.5. The molecule has 0 unspecified atom stereocenters. The molecule has 0 aliphatic carbocycles. The van der Waals surface area contributed by atoms with E-state index in [4.69, 9.17) is 9.57 Å². The number of alkyl halides is 3. The van der Waals surface area contributed by atoms with Crippen LogP contribution < -0.4 is 30.4 Å². The predicted molar refractivity (Wildman–Crippen MR) is 251 cm³/mol. The van der Waals surface area contributed by atoms with Crippen LogP contribution in [0, 0.1) is 5.41 Å². The fourth-order valence-corrected chi connectivity index (χ4v) is 9.26. The maximum atomic E-state index is 12.6. The monoisotopic (exact) mass is 993 g/mol. The van der Waals surface area contributed by atoms with Gasteiger partial charge in [-0.15, -0.1) is 0 Å². The zero-order valence-corrected chi connectivity index (χ0v) is 40.2. The molecule has 5 aromatic rings. The van der Waals surface area contributed by atoms with Gasteiger partial charge in [-0.05, 0) is 77.6 Å². The number of hydrogen-bond acceptors (Lipinski definition) is 18. The molecule has 0 atom stereocenters. The Morgan fingerprint density at radius 3 is 1.76 bits per heavy atom. The Morgan fingerprint density at radius 1 is 0.791 bits per heavy atom. The number of nitrogens with zero attached hydrogens (tertiary/aromatic N) is 7. The summed E-state index contributed by atoms with van der Waals surface area (Å²) in [5.41, 5.74) is -1.51. The minimum Gasteiger partial charge on any atom is -0.466 e. The number of rotatable bonds is 15. The largest absolute Gasteiger partial charge is 0.534 e. The van der Waals surface area contributed by atoms with Crippen molar-refractivity contribution in [3.05, 3.63) is 47.8 Å². The Labute approximate surface area is 391 Å². The number of piperidine rings is 1. The van der Waals surface area contributed by atoms with Crippen LogP contribution in [-0.2, 0) is 29.3 Å². The summed E-state index contributed by atoms with van der Waals surface area (Å²) in [6.07, 6.45) is 5.77. The zero-order valence-electron chi connectivity index (χ0n) is 37.8. The summed E-state index contributed by atoms with van der Waals surface area (Å²) < 4.78 is 71.3. The lowest BCUT2D eigenvalue weighted by Gasteiger charge is -2.39. The van der Waals surface area contributed by atoms with Crippen molar-refractivity contribution in [3.8, 4) is 16.9 Å². The highest BCUT2D eigenvalue weighted by molar-refractivity contribution is 7.88. The Bertz CT molecular complexity index is 2740. The molecular weight excluding hydrogens is 944 g/mol. The smallest absolute Gasteiger partial charge is 0.466 e. The molecule has 1 saturated heterocycles. The fourth-order valence-electron chi connectivity index (χ4n) is 6.80. The number of benzene rings is 2. The van der Waals surface area contributed by atoms with Crippen LogP contribution in [0.15, 0.2) is 47.0 Å². The number of carbonyl (C=O) groups is 3. The van der Waals surface area contributed by atoms with E-state index in [1.165, 1.54) is 32.5 Å². The molecule has 4 N–H and O–H groups in total. The van der Waals surface area contributed by atoms with Gasteiger partial charge in [-0.1, -0.05) is 39.9 Å². The molecule has 0 bridgehead atoms. The van der Waals surface area contributed by atoms with Crippen molar-refractivity contribution in [2.75, 3.05) is 62.5 Å². The zero-order chi connectivity index (χ0) is 49.1. The van der Waals surface area contributed by atoms with Crippen LogP contribution >= 0.6 is 22.7 Å². The summed E-state index contributed by atoms with van der Waals surface area (Å²) in [6.45, 7) is 13.5. The number of hydrogen-bond donors (Lipinski definition) is 4. The van der Waals surface area contributed by atoms with Crippen LogP contribution in [0.5, 0.6) is 5.75 Å². The number of anilines is 3. The molecule has 0 radical (unpaired) electrons. The van der Waals surface area contributed by atoms with Crippen molar-refractivity contribution in [1.29, 1.82) is 0 Å². The summed E-state index contributed by atoms with van der Waals surface area (Å²) >= 11 is 2.39. The molecule has 0 saturated carbocycles. The van der Waals surface area contributed by atoms with Gasteiger partial charge in [0, 0.05) is 61.3 Å². The van der Waals surface area contributed by atoms with Crippen LogP contribution in [-0.4, -0.2) is 110 Å². The molecule has 1 aliphatic rings. The van der Waals surface area contributed by atoms with Crippen LogP contribution in [0.3, 0.4) is 0 Å². The average Bonchev–Trinajstić information content (AvgIpc) is 3.88. The second-order valence-corrected chi connectivity index (χ2v) is 18.0. The van der Waals surface area contributed by atoms with Crippen molar-refractivity contribution in [1.82, 2.24) is 30.6 Å².